The summed E-state index contributed by atoms with van der Waals surface area (Å²) in [5.74, 6) is -2.49. The number of carboxylic acid groups (broad SMARTS) is 1. The molecule has 0 saturated carbocycles. The van der Waals surface area contributed by atoms with E-state index in [1.54, 1.807) is 0 Å². The molecule has 0 heterocycles. The summed E-state index contributed by atoms with van der Waals surface area (Å²) in [5, 5.41) is 8.80. The molecule has 1 atom stereocenters. The molecule has 0 aliphatic heterocycles. The van der Waals surface area contributed by atoms with Gasteiger partial charge in [-0.3, -0.25) is 4.79 Å². The highest BCUT2D eigenvalue weighted by Gasteiger charge is 2.26. The highest BCUT2D eigenvalue weighted by atomic mass is 19.1. The smallest absolute Gasteiger partial charge is 0.323 e. The largest absolute Gasteiger partial charge is 0.491 e. The molecule has 6 heteroatoms. The molecule has 0 aliphatic carbocycles. The van der Waals surface area contributed by atoms with Gasteiger partial charge in [-0.1, -0.05) is 0 Å². The van der Waals surface area contributed by atoms with Crippen molar-refractivity contribution in [2.45, 2.75) is 31.7 Å². The molecular formula is C13H17F2NO3. The minimum Gasteiger partial charge on any atom is -0.491 e. The molecule has 0 aliphatic rings. The molecule has 0 aromatic heterocycles. The lowest BCUT2D eigenvalue weighted by Gasteiger charge is -2.18. The third-order valence-corrected chi connectivity index (χ3v) is 2.73. The third-order valence-electron chi connectivity index (χ3n) is 2.73. The first kappa shape index (κ1) is 15.4. The lowest BCUT2D eigenvalue weighted by atomic mass is 9.97. The summed E-state index contributed by atoms with van der Waals surface area (Å²) >= 11 is 0. The Balaban J connectivity index is 2.30. The first-order chi connectivity index (χ1) is 8.83. The zero-order chi connectivity index (χ0) is 14.5. The summed E-state index contributed by atoms with van der Waals surface area (Å²) in [6, 6.07) is 3.07. The number of halogens is 2. The van der Waals surface area contributed by atoms with E-state index in [9.17, 15) is 13.6 Å². The van der Waals surface area contributed by atoms with Crippen LogP contribution in [0.2, 0.25) is 0 Å². The van der Waals surface area contributed by atoms with Crippen LogP contribution in [0.25, 0.3) is 0 Å². The van der Waals surface area contributed by atoms with Crippen molar-refractivity contribution in [3.8, 4) is 5.75 Å². The Bertz CT molecular complexity index is 450. The number of nitrogens with two attached hydrogens (primary N) is 1. The zero-order valence-electron chi connectivity index (χ0n) is 10.7. The molecule has 0 amide bonds. The fraction of sp³-hybridized carbons (Fsp3) is 0.462. The van der Waals surface area contributed by atoms with E-state index in [0.29, 0.717) is 19.3 Å². The Morgan fingerprint density at radius 2 is 2.11 bits per heavy atom. The average Bonchev–Trinajstić information content (AvgIpc) is 2.31. The van der Waals surface area contributed by atoms with Crippen molar-refractivity contribution in [3.05, 3.63) is 29.8 Å². The number of benzene rings is 1. The Hall–Kier alpha value is -1.69. The summed E-state index contributed by atoms with van der Waals surface area (Å²) < 4.78 is 31.0. The van der Waals surface area contributed by atoms with Crippen LogP contribution in [0, 0.1) is 11.6 Å². The first-order valence-electron chi connectivity index (χ1n) is 5.93. The summed E-state index contributed by atoms with van der Waals surface area (Å²) in [7, 11) is 0. The second-order valence-corrected chi connectivity index (χ2v) is 4.60. The summed E-state index contributed by atoms with van der Waals surface area (Å²) in [6.07, 6.45) is 1.39. The van der Waals surface area contributed by atoms with E-state index in [4.69, 9.17) is 15.6 Å². The number of ether oxygens (including phenoxy) is 1. The second-order valence-electron chi connectivity index (χ2n) is 4.60. The molecule has 106 valence electrons. The number of carbonyl (C=O) groups is 1. The molecule has 1 aromatic rings. The first-order valence-corrected chi connectivity index (χ1v) is 5.93. The Kier molecular flexibility index (Phi) is 5.23. The predicted molar refractivity (Wildman–Crippen MR) is 65.9 cm³/mol. The molecule has 4 nitrogen and oxygen atoms in total. The van der Waals surface area contributed by atoms with E-state index in [1.807, 2.05) is 0 Å². The summed E-state index contributed by atoms with van der Waals surface area (Å²) in [5.41, 5.74) is 4.29. The molecule has 0 saturated heterocycles. The average molecular weight is 273 g/mol. The van der Waals surface area contributed by atoms with Gasteiger partial charge in [0, 0.05) is 6.07 Å². The number of rotatable bonds is 7. The number of hydrogen-bond donors (Lipinski definition) is 2. The summed E-state index contributed by atoms with van der Waals surface area (Å²) in [4.78, 5) is 10.7. The third kappa shape index (κ3) is 4.82. The maximum absolute atomic E-state index is 13.2. The van der Waals surface area contributed by atoms with E-state index in [1.165, 1.54) is 13.0 Å². The SMILES string of the molecule is CC(N)(CCCCOc1ccc(F)cc1F)C(=O)O. The Labute approximate surface area is 110 Å². The molecule has 19 heavy (non-hydrogen) atoms. The van der Waals surface area contributed by atoms with Crippen LogP contribution in [0.3, 0.4) is 0 Å². The maximum Gasteiger partial charge on any atom is 0.323 e. The van der Waals surface area contributed by atoms with E-state index < -0.39 is 23.1 Å². The van der Waals surface area contributed by atoms with Crippen molar-refractivity contribution in [1.29, 1.82) is 0 Å². The van der Waals surface area contributed by atoms with Gasteiger partial charge in [0.25, 0.3) is 0 Å². The fourth-order valence-corrected chi connectivity index (χ4v) is 1.48. The van der Waals surface area contributed by atoms with Gasteiger partial charge in [-0.25, -0.2) is 8.78 Å². The van der Waals surface area contributed by atoms with Crippen LogP contribution in [0.1, 0.15) is 26.2 Å². The van der Waals surface area contributed by atoms with Crippen molar-refractivity contribution in [1.82, 2.24) is 0 Å². The van der Waals surface area contributed by atoms with E-state index >= 15 is 0 Å². The molecule has 0 spiro atoms. The minimum atomic E-state index is -1.26. The molecule has 3 N–H and O–H groups in total. The van der Waals surface area contributed by atoms with Gasteiger partial charge in [0.2, 0.25) is 0 Å². The maximum atomic E-state index is 13.2. The molecule has 1 rings (SSSR count). The van der Waals surface area contributed by atoms with E-state index in [0.717, 1.165) is 12.1 Å². The van der Waals surface area contributed by atoms with Crippen molar-refractivity contribution < 1.29 is 23.4 Å². The topological polar surface area (TPSA) is 72.5 Å². The Morgan fingerprint density at radius 3 is 2.68 bits per heavy atom. The van der Waals surface area contributed by atoms with Crippen LogP contribution in [-0.4, -0.2) is 23.2 Å². The summed E-state index contributed by atoms with van der Waals surface area (Å²) in [6.45, 7) is 1.66. The van der Waals surface area contributed by atoms with Crippen molar-refractivity contribution in [2.75, 3.05) is 6.61 Å². The van der Waals surface area contributed by atoms with Gasteiger partial charge in [0.1, 0.15) is 11.4 Å². The number of carboxylic acids is 1. The van der Waals surface area contributed by atoms with Crippen LogP contribution < -0.4 is 10.5 Å². The van der Waals surface area contributed by atoms with E-state index in [2.05, 4.69) is 0 Å². The number of unbranched alkanes of at least 4 members (excludes halogenated alkanes) is 1. The second kappa shape index (κ2) is 6.47. The van der Waals surface area contributed by atoms with Crippen molar-refractivity contribution >= 4 is 5.97 Å². The fourth-order valence-electron chi connectivity index (χ4n) is 1.48. The van der Waals surface area contributed by atoms with Gasteiger partial charge in [-0.2, -0.15) is 0 Å². The van der Waals surface area contributed by atoms with Gasteiger partial charge in [-0.05, 0) is 38.3 Å². The van der Waals surface area contributed by atoms with Crippen LogP contribution in [0.5, 0.6) is 5.75 Å². The molecular weight excluding hydrogens is 256 g/mol. The van der Waals surface area contributed by atoms with Gasteiger partial charge in [0.15, 0.2) is 11.6 Å². The molecule has 1 unspecified atom stereocenters. The lowest BCUT2D eigenvalue weighted by Crippen LogP contribution is -2.44. The minimum absolute atomic E-state index is 0.0184. The van der Waals surface area contributed by atoms with Crippen molar-refractivity contribution in [3.63, 3.8) is 0 Å². The number of aliphatic carboxylic acids is 1. The van der Waals surface area contributed by atoms with Crippen LogP contribution >= 0.6 is 0 Å². The van der Waals surface area contributed by atoms with Gasteiger partial charge < -0.3 is 15.6 Å². The lowest BCUT2D eigenvalue weighted by molar-refractivity contribution is -0.142. The van der Waals surface area contributed by atoms with Gasteiger partial charge in [0.05, 0.1) is 6.61 Å². The number of hydrogen-bond acceptors (Lipinski definition) is 3. The highest BCUT2D eigenvalue weighted by Crippen LogP contribution is 2.18. The van der Waals surface area contributed by atoms with Crippen LogP contribution in [0.15, 0.2) is 18.2 Å². The molecule has 1 aromatic carbocycles. The predicted octanol–water partition coefficient (Wildman–Crippen LogP) is 2.32. The van der Waals surface area contributed by atoms with Crippen LogP contribution in [0.4, 0.5) is 8.78 Å². The van der Waals surface area contributed by atoms with Gasteiger partial charge >= 0.3 is 5.97 Å². The van der Waals surface area contributed by atoms with Crippen molar-refractivity contribution in [2.24, 2.45) is 5.73 Å². The molecule has 0 fully saturated rings. The highest BCUT2D eigenvalue weighted by molar-refractivity contribution is 5.77. The molecule has 0 bridgehead atoms. The zero-order valence-corrected chi connectivity index (χ0v) is 10.7. The molecule has 0 radical (unpaired) electrons. The normalized spacial score (nSPS) is 13.9. The van der Waals surface area contributed by atoms with Gasteiger partial charge in [-0.15, -0.1) is 0 Å². The van der Waals surface area contributed by atoms with Crippen LogP contribution in [-0.2, 0) is 4.79 Å². The van der Waals surface area contributed by atoms with E-state index in [-0.39, 0.29) is 12.4 Å². The Morgan fingerprint density at radius 1 is 1.42 bits per heavy atom. The monoisotopic (exact) mass is 273 g/mol. The standard InChI is InChI=1S/C13H17F2NO3/c1-13(16,12(17)18)6-2-3-7-19-11-5-4-9(14)8-10(11)15/h4-5,8H,2-3,6-7,16H2,1H3,(H,17,18). The quantitative estimate of drug-likeness (QED) is 0.748.